The van der Waals surface area contributed by atoms with Gasteiger partial charge in [-0.2, -0.15) is 0 Å². The molecule has 1 heterocycles. The first-order valence-corrected chi connectivity index (χ1v) is 8.97. The van der Waals surface area contributed by atoms with E-state index in [4.69, 9.17) is 9.47 Å². The van der Waals surface area contributed by atoms with Crippen molar-refractivity contribution in [2.75, 3.05) is 33.9 Å². The molecule has 1 aromatic rings. The molecule has 128 valence electrons. The topological polar surface area (TPSA) is 50.8 Å². The first kappa shape index (κ1) is 18.3. The number of hydrogen-bond acceptors (Lipinski definition) is 4. The molecule has 6 heteroatoms. The molecule has 1 atom stereocenters. The van der Waals surface area contributed by atoms with E-state index in [1.54, 1.807) is 20.3 Å². The van der Waals surface area contributed by atoms with Gasteiger partial charge in [-0.15, -0.1) is 0 Å². The fourth-order valence-electron chi connectivity index (χ4n) is 2.86. The van der Waals surface area contributed by atoms with Crippen LogP contribution in [0.15, 0.2) is 12.1 Å². The molecule has 0 radical (unpaired) electrons. The minimum atomic E-state index is -0.0571. The molecule has 5 nitrogen and oxygen atoms in total. The molecular weight excluding hydrogens is 407 g/mol. The van der Waals surface area contributed by atoms with Gasteiger partial charge < -0.3 is 19.7 Å². The van der Waals surface area contributed by atoms with Crippen LogP contribution in [0.2, 0.25) is 0 Å². The average Bonchev–Trinajstić information content (AvgIpc) is 3.01. The lowest BCUT2D eigenvalue weighted by molar-refractivity contribution is 0.0946. The van der Waals surface area contributed by atoms with E-state index in [1.165, 1.54) is 0 Å². The predicted molar refractivity (Wildman–Crippen MR) is 99.4 cm³/mol. The quantitative estimate of drug-likeness (QED) is 0.703. The van der Waals surface area contributed by atoms with Crippen LogP contribution in [-0.4, -0.2) is 50.7 Å². The Balaban J connectivity index is 1.99. The highest BCUT2D eigenvalue weighted by molar-refractivity contribution is 14.1. The predicted octanol–water partition coefficient (Wildman–Crippen LogP) is 2.77. The molecule has 1 aliphatic heterocycles. The van der Waals surface area contributed by atoms with Crippen LogP contribution in [0.25, 0.3) is 0 Å². The summed E-state index contributed by atoms with van der Waals surface area (Å²) in [7, 11) is 3.17. The van der Waals surface area contributed by atoms with E-state index in [1.807, 2.05) is 6.07 Å². The van der Waals surface area contributed by atoms with Crippen molar-refractivity contribution in [3.63, 3.8) is 0 Å². The smallest absolute Gasteiger partial charge is 0.252 e. The van der Waals surface area contributed by atoms with E-state index < -0.39 is 0 Å². The summed E-state index contributed by atoms with van der Waals surface area (Å²) in [4.78, 5) is 14.9. The maximum absolute atomic E-state index is 12.5. The van der Waals surface area contributed by atoms with Gasteiger partial charge >= 0.3 is 0 Å². The lowest BCUT2D eigenvalue weighted by Crippen LogP contribution is -2.33. The van der Waals surface area contributed by atoms with Crippen molar-refractivity contribution in [3.05, 3.63) is 21.3 Å². The molecule has 1 aliphatic rings. The van der Waals surface area contributed by atoms with Crippen LogP contribution in [0.1, 0.15) is 30.6 Å². The maximum Gasteiger partial charge on any atom is 0.252 e. The van der Waals surface area contributed by atoms with E-state index in [0.29, 0.717) is 35.6 Å². The van der Waals surface area contributed by atoms with Crippen molar-refractivity contribution in [2.24, 2.45) is 5.92 Å². The normalized spacial score (nSPS) is 18.3. The summed E-state index contributed by atoms with van der Waals surface area (Å²) in [6.07, 6.45) is 1.14. The largest absolute Gasteiger partial charge is 0.493 e. The monoisotopic (exact) mass is 432 g/mol. The van der Waals surface area contributed by atoms with Gasteiger partial charge in [0.2, 0.25) is 0 Å². The third-order valence-corrected chi connectivity index (χ3v) is 5.21. The number of ether oxygens (including phenoxy) is 2. The minimum absolute atomic E-state index is 0.0571. The number of hydrogen-bond donors (Lipinski definition) is 1. The Labute approximate surface area is 151 Å². The van der Waals surface area contributed by atoms with Crippen LogP contribution in [0.3, 0.4) is 0 Å². The molecule has 0 bridgehead atoms. The molecule has 1 amide bonds. The number of nitrogens with zero attached hydrogens (tertiary/aromatic N) is 1. The maximum atomic E-state index is 12.5. The molecule has 1 aromatic carbocycles. The number of carbonyl (C=O) groups excluding carboxylic acids is 1. The van der Waals surface area contributed by atoms with E-state index in [-0.39, 0.29) is 5.91 Å². The van der Waals surface area contributed by atoms with E-state index in [2.05, 4.69) is 46.7 Å². The van der Waals surface area contributed by atoms with Crippen LogP contribution in [0.5, 0.6) is 11.5 Å². The zero-order valence-corrected chi connectivity index (χ0v) is 16.3. The average molecular weight is 432 g/mol. The Kier molecular flexibility index (Phi) is 6.52. The molecular formula is C17H25IN2O3. The molecule has 1 unspecified atom stereocenters. The van der Waals surface area contributed by atoms with Crippen LogP contribution in [-0.2, 0) is 0 Å². The summed E-state index contributed by atoms with van der Waals surface area (Å²) < 4.78 is 11.4. The first-order valence-electron chi connectivity index (χ1n) is 7.90. The fourth-order valence-corrected chi connectivity index (χ4v) is 3.54. The van der Waals surface area contributed by atoms with E-state index in [9.17, 15) is 4.79 Å². The second-order valence-electron chi connectivity index (χ2n) is 6.14. The highest BCUT2D eigenvalue weighted by Gasteiger charge is 2.25. The molecule has 1 saturated heterocycles. The van der Waals surface area contributed by atoms with Gasteiger partial charge in [-0.05, 0) is 67.5 Å². The van der Waals surface area contributed by atoms with Crippen LogP contribution < -0.4 is 14.8 Å². The van der Waals surface area contributed by atoms with Crippen LogP contribution in [0.4, 0.5) is 0 Å². The lowest BCUT2D eigenvalue weighted by Gasteiger charge is -2.20. The van der Waals surface area contributed by atoms with Crippen molar-refractivity contribution in [2.45, 2.75) is 26.3 Å². The molecule has 0 aromatic heterocycles. The molecule has 0 spiro atoms. The first-order chi connectivity index (χ1) is 11.0. The zero-order chi connectivity index (χ0) is 17.0. The molecule has 23 heavy (non-hydrogen) atoms. The highest BCUT2D eigenvalue weighted by atomic mass is 127. The SMILES string of the molecule is COc1cc(I)c(C(=O)NCC2CCN(C(C)C)C2)cc1OC. The molecule has 1 fully saturated rings. The summed E-state index contributed by atoms with van der Waals surface area (Å²) in [6.45, 7) is 7.32. The van der Waals surface area contributed by atoms with Gasteiger partial charge in [-0.3, -0.25) is 4.79 Å². The van der Waals surface area contributed by atoms with Crippen molar-refractivity contribution in [1.82, 2.24) is 10.2 Å². The van der Waals surface area contributed by atoms with Gasteiger partial charge in [0.25, 0.3) is 5.91 Å². The third-order valence-electron chi connectivity index (χ3n) is 4.32. The molecule has 0 saturated carbocycles. The zero-order valence-electron chi connectivity index (χ0n) is 14.2. The third kappa shape index (κ3) is 4.50. The second-order valence-corrected chi connectivity index (χ2v) is 7.30. The van der Waals surface area contributed by atoms with Gasteiger partial charge in [-0.25, -0.2) is 0 Å². The van der Waals surface area contributed by atoms with Crippen molar-refractivity contribution < 1.29 is 14.3 Å². The number of carbonyl (C=O) groups is 1. The fraction of sp³-hybridized carbons (Fsp3) is 0.588. The summed E-state index contributed by atoms with van der Waals surface area (Å²) in [5, 5.41) is 3.06. The molecule has 2 rings (SSSR count). The van der Waals surface area contributed by atoms with Crippen LogP contribution >= 0.6 is 22.6 Å². The van der Waals surface area contributed by atoms with Crippen molar-refractivity contribution in [3.8, 4) is 11.5 Å². The van der Waals surface area contributed by atoms with Gasteiger partial charge in [0.05, 0.1) is 19.8 Å². The van der Waals surface area contributed by atoms with E-state index in [0.717, 1.165) is 23.1 Å². The summed E-state index contributed by atoms with van der Waals surface area (Å²) in [6, 6.07) is 4.14. The summed E-state index contributed by atoms with van der Waals surface area (Å²) in [5.41, 5.74) is 0.627. The highest BCUT2D eigenvalue weighted by Crippen LogP contribution is 2.31. The summed E-state index contributed by atoms with van der Waals surface area (Å²) >= 11 is 2.15. The molecule has 1 N–H and O–H groups in total. The Morgan fingerprint density at radius 2 is 2.00 bits per heavy atom. The standard InChI is InChI=1S/C17H25IN2O3/c1-11(2)20-6-5-12(10-20)9-19-17(21)13-7-15(22-3)16(23-4)8-14(13)18/h7-8,11-12H,5-6,9-10H2,1-4H3,(H,19,21). The molecule has 0 aliphatic carbocycles. The number of nitrogens with one attached hydrogen (secondary N) is 1. The van der Waals surface area contributed by atoms with Gasteiger partial charge in [0.1, 0.15) is 0 Å². The Morgan fingerprint density at radius 1 is 1.35 bits per heavy atom. The van der Waals surface area contributed by atoms with E-state index >= 15 is 0 Å². The number of amides is 1. The lowest BCUT2D eigenvalue weighted by atomic mass is 10.1. The minimum Gasteiger partial charge on any atom is -0.493 e. The van der Waals surface area contributed by atoms with Gasteiger partial charge in [0.15, 0.2) is 11.5 Å². The number of likely N-dealkylation sites (tertiary alicyclic amines) is 1. The Morgan fingerprint density at radius 3 is 2.57 bits per heavy atom. The van der Waals surface area contributed by atoms with Crippen LogP contribution in [0, 0.1) is 9.49 Å². The number of rotatable bonds is 6. The Bertz CT molecular complexity index is 563. The number of benzene rings is 1. The van der Waals surface area contributed by atoms with Crippen molar-refractivity contribution >= 4 is 28.5 Å². The Hall–Kier alpha value is -1.02. The van der Waals surface area contributed by atoms with Gasteiger partial charge in [0, 0.05) is 22.7 Å². The summed E-state index contributed by atoms with van der Waals surface area (Å²) in [5.74, 6) is 1.68. The van der Waals surface area contributed by atoms with Gasteiger partial charge in [-0.1, -0.05) is 0 Å². The second kappa shape index (κ2) is 8.19. The van der Waals surface area contributed by atoms with Crippen molar-refractivity contribution in [1.29, 1.82) is 0 Å². The number of halogens is 1. The number of methoxy groups -OCH3 is 2.